The lowest BCUT2D eigenvalue weighted by Gasteiger charge is -2.28. The molecule has 2 heteroatoms. The van der Waals surface area contributed by atoms with Crippen LogP contribution in [0.1, 0.15) is 31.4 Å². The third-order valence-corrected chi connectivity index (χ3v) is 4.11. The van der Waals surface area contributed by atoms with E-state index in [0.29, 0.717) is 0 Å². The van der Waals surface area contributed by atoms with Crippen molar-refractivity contribution < 1.29 is 4.48 Å². The Hall–Kier alpha value is -1.02. The fourth-order valence-electron chi connectivity index (χ4n) is 2.31. The Morgan fingerprint density at radius 3 is 2.32 bits per heavy atom. The molecule has 0 radical (unpaired) electrons. The second-order valence-electron chi connectivity index (χ2n) is 6.29. The highest BCUT2D eigenvalue weighted by molar-refractivity contribution is 5.54. The smallest absolute Gasteiger partial charge is 0.0785 e. The van der Waals surface area contributed by atoms with E-state index in [1.165, 1.54) is 42.7 Å². The van der Waals surface area contributed by atoms with Crippen molar-refractivity contribution in [2.45, 2.75) is 33.1 Å². The van der Waals surface area contributed by atoms with E-state index in [9.17, 15) is 0 Å². The summed E-state index contributed by atoms with van der Waals surface area (Å²) in [6.07, 6.45) is 3.55. The first kappa shape index (κ1) is 16.0. The molecular formula is C17H31N2+. The molecule has 0 atom stereocenters. The summed E-state index contributed by atoms with van der Waals surface area (Å²) in [4.78, 5) is 2.24. The van der Waals surface area contributed by atoms with Gasteiger partial charge in [-0.05, 0) is 37.0 Å². The molecule has 0 aliphatic rings. The van der Waals surface area contributed by atoms with E-state index in [2.05, 4.69) is 65.1 Å². The Balaban J connectivity index is 2.72. The third kappa shape index (κ3) is 4.87. The summed E-state index contributed by atoms with van der Waals surface area (Å²) in [5.74, 6) is 0. The molecule has 0 aliphatic heterocycles. The van der Waals surface area contributed by atoms with Gasteiger partial charge in [-0.2, -0.15) is 0 Å². The average molecular weight is 263 g/mol. The largest absolute Gasteiger partial charge is 0.377 e. The molecule has 0 aromatic heterocycles. The van der Waals surface area contributed by atoms with Gasteiger partial charge in [-0.25, -0.2) is 0 Å². The van der Waals surface area contributed by atoms with Crippen molar-refractivity contribution in [1.29, 1.82) is 0 Å². The lowest BCUT2D eigenvalue weighted by molar-refractivity contribution is -0.888. The molecular weight excluding hydrogens is 232 g/mol. The van der Waals surface area contributed by atoms with Crippen LogP contribution in [0.4, 0.5) is 5.69 Å². The summed E-state index contributed by atoms with van der Waals surface area (Å²) in [5.41, 5.74) is 4.30. The molecule has 1 aromatic carbocycles. The van der Waals surface area contributed by atoms with Crippen LogP contribution in [-0.4, -0.2) is 45.8 Å². The Morgan fingerprint density at radius 2 is 1.79 bits per heavy atom. The number of aryl methyl sites for hydroxylation is 2. The van der Waals surface area contributed by atoms with Crippen LogP contribution < -0.4 is 4.90 Å². The number of anilines is 1. The third-order valence-electron chi connectivity index (χ3n) is 4.11. The van der Waals surface area contributed by atoms with E-state index < -0.39 is 0 Å². The highest BCUT2D eigenvalue weighted by Crippen LogP contribution is 2.22. The topological polar surface area (TPSA) is 3.24 Å². The number of hydrogen-bond donors (Lipinski definition) is 0. The SMILES string of the molecule is CCc1ccc(CCC[N+](C)(C)CC)c(N(C)C)c1. The summed E-state index contributed by atoms with van der Waals surface area (Å²) >= 11 is 0. The van der Waals surface area contributed by atoms with Gasteiger partial charge in [0.15, 0.2) is 0 Å². The molecule has 0 heterocycles. The number of hydrogen-bond acceptors (Lipinski definition) is 1. The van der Waals surface area contributed by atoms with Gasteiger partial charge in [0.1, 0.15) is 0 Å². The summed E-state index contributed by atoms with van der Waals surface area (Å²) in [7, 11) is 8.91. The van der Waals surface area contributed by atoms with Gasteiger partial charge >= 0.3 is 0 Å². The van der Waals surface area contributed by atoms with E-state index >= 15 is 0 Å². The fourth-order valence-corrected chi connectivity index (χ4v) is 2.31. The van der Waals surface area contributed by atoms with Crippen LogP contribution in [0.15, 0.2) is 18.2 Å². The first-order chi connectivity index (χ1) is 8.89. The fraction of sp³-hybridized carbons (Fsp3) is 0.647. The zero-order valence-corrected chi connectivity index (χ0v) is 13.7. The van der Waals surface area contributed by atoms with Gasteiger partial charge in [0, 0.05) is 26.2 Å². The van der Waals surface area contributed by atoms with Gasteiger partial charge in [0.2, 0.25) is 0 Å². The highest BCUT2D eigenvalue weighted by Gasteiger charge is 2.12. The van der Waals surface area contributed by atoms with Crippen molar-refractivity contribution >= 4 is 5.69 Å². The first-order valence-electron chi connectivity index (χ1n) is 7.50. The molecule has 0 N–H and O–H groups in total. The van der Waals surface area contributed by atoms with Gasteiger partial charge in [0.05, 0.1) is 27.2 Å². The lowest BCUT2D eigenvalue weighted by atomic mass is 10.0. The normalized spacial score (nSPS) is 11.7. The molecule has 0 saturated carbocycles. The molecule has 0 bridgehead atoms. The number of nitrogens with zero attached hydrogens (tertiary/aromatic N) is 2. The minimum Gasteiger partial charge on any atom is -0.377 e. The monoisotopic (exact) mass is 263 g/mol. The summed E-state index contributed by atoms with van der Waals surface area (Å²) in [6.45, 7) is 6.94. The second kappa shape index (κ2) is 6.95. The summed E-state index contributed by atoms with van der Waals surface area (Å²) in [6, 6.07) is 6.94. The summed E-state index contributed by atoms with van der Waals surface area (Å²) in [5, 5.41) is 0. The van der Waals surface area contributed by atoms with E-state index in [1.807, 2.05) is 0 Å². The minimum absolute atomic E-state index is 1.11. The van der Waals surface area contributed by atoms with E-state index in [4.69, 9.17) is 0 Å². The lowest BCUT2D eigenvalue weighted by Crippen LogP contribution is -2.40. The maximum Gasteiger partial charge on any atom is 0.0785 e. The maximum absolute atomic E-state index is 2.34. The molecule has 1 aromatic rings. The van der Waals surface area contributed by atoms with Gasteiger partial charge in [0.25, 0.3) is 0 Å². The molecule has 0 amide bonds. The molecule has 19 heavy (non-hydrogen) atoms. The Morgan fingerprint density at radius 1 is 1.11 bits per heavy atom. The standard InChI is InChI=1S/C17H31N2/c1-7-15-11-12-16(17(14-15)18(3)4)10-9-13-19(5,6)8-2/h11-12,14H,7-10,13H2,1-6H3/q+1. The Labute approximate surface area is 119 Å². The van der Waals surface area contributed by atoms with Crippen molar-refractivity contribution in [2.24, 2.45) is 0 Å². The van der Waals surface area contributed by atoms with Crippen LogP contribution in [-0.2, 0) is 12.8 Å². The molecule has 108 valence electrons. The van der Waals surface area contributed by atoms with Crippen molar-refractivity contribution in [1.82, 2.24) is 0 Å². The van der Waals surface area contributed by atoms with Crippen LogP contribution >= 0.6 is 0 Å². The highest BCUT2D eigenvalue weighted by atomic mass is 15.3. The number of quaternary nitrogens is 1. The zero-order chi connectivity index (χ0) is 14.5. The second-order valence-corrected chi connectivity index (χ2v) is 6.29. The molecule has 0 fully saturated rings. The quantitative estimate of drug-likeness (QED) is 0.682. The van der Waals surface area contributed by atoms with E-state index in [0.717, 1.165) is 10.9 Å². The summed E-state index contributed by atoms with van der Waals surface area (Å²) < 4.78 is 1.12. The van der Waals surface area contributed by atoms with Gasteiger partial charge < -0.3 is 9.38 Å². The van der Waals surface area contributed by atoms with Crippen molar-refractivity contribution in [3.05, 3.63) is 29.3 Å². The molecule has 0 saturated heterocycles. The van der Waals surface area contributed by atoms with E-state index in [-0.39, 0.29) is 0 Å². The van der Waals surface area contributed by atoms with Crippen LogP contribution in [0.25, 0.3) is 0 Å². The van der Waals surface area contributed by atoms with Crippen molar-refractivity contribution in [3.63, 3.8) is 0 Å². The van der Waals surface area contributed by atoms with Crippen molar-refractivity contribution in [3.8, 4) is 0 Å². The maximum atomic E-state index is 2.34. The van der Waals surface area contributed by atoms with Gasteiger partial charge in [-0.15, -0.1) is 0 Å². The van der Waals surface area contributed by atoms with Crippen LogP contribution in [0, 0.1) is 0 Å². The minimum atomic E-state index is 1.11. The molecule has 0 aliphatic carbocycles. The van der Waals surface area contributed by atoms with Crippen LogP contribution in [0.5, 0.6) is 0 Å². The number of benzene rings is 1. The molecule has 2 nitrogen and oxygen atoms in total. The van der Waals surface area contributed by atoms with Crippen LogP contribution in [0.2, 0.25) is 0 Å². The number of rotatable bonds is 7. The van der Waals surface area contributed by atoms with Gasteiger partial charge in [-0.3, -0.25) is 0 Å². The molecule has 0 spiro atoms. The predicted octanol–water partition coefficient (Wildman–Crippen LogP) is 3.34. The Kier molecular flexibility index (Phi) is 5.86. The zero-order valence-electron chi connectivity index (χ0n) is 13.7. The van der Waals surface area contributed by atoms with Gasteiger partial charge in [-0.1, -0.05) is 19.1 Å². The van der Waals surface area contributed by atoms with E-state index in [1.54, 1.807) is 0 Å². The Bertz CT molecular complexity index is 394. The molecule has 0 unspecified atom stereocenters. The molecule has 1 rings (SSSR count). The predicted molar refractivity (Wildman–Crippen MR) is 86.0 cm³/mol. The van der Waals surface area contributed by atoms with Crippen molar-refractivity contribution in [2.75, 3.05) is 46.2 Å². The average Bonchev–Trinajstić information content (AvgIpc) is 2.38. The first-order valence-corrected chi connectivity index (χ1v) is 7.50. The van der Waals surface area contributed by atoms with Crippen LogP contribution in [0.3, 0.4) is 0 Å².